The Morgan fingerprint density at radius 1 is 0.962 bits per heavy atom. The summed E-state index contributed by atoms with van der Waals surface area (Å²) in [5.74, 6) is -3.77. The summed E-state index contributed by atoms with van der Waals surface area (Å²) in [6.45, 7) is 0. The topological polar surface area (TPSA) is 84.0 Å². The van der Waals surface area contributed by atoms with Crippen LogP contribution in [-0.4, -0.2) is 15.5 Å². The van der Waals surface area contributed by atoms with Gasteiger partial charge in [-0.05, 0) is 36.4 Å². The first-order valence-electron chi connectivity index (χ1n) is 7.24. The van der Waals surface area contributed by atoms with Crippen LogP contribution in [0.25, 0.3) is 5.69 Å². The van der Waals surface area contributed by atoms with Gasteiger partial charge in [-0.3, -0.25) is 9.59 Å². The highest BCUT2D eigenvalue weighted by molar-refractivity contribution is 6.03. The molecule has 1 heterocycles. The zero-order chi connectivity index (χ0) is 18.8. The van der Waals surface area contributed by atoms with Crippen molar-refractivity contribution in [2.45, 2.75) is 0 Å². The molecule has 132 valence electrons. The summed E-state index contributed by atoms with van der Waals surface area (Å²) in [7, 11) is 0. The molecule has 0 radical (unpaired) electrons. The van der Waals surface area contributed by atoms with Gasteiger partial charge in [0, 0.05) is 18.0 Å². The number of rotatable bonds is 3. The van der Waals surface area contributed by atoms with Gasteiger partial charge < -0.3 is 10.3 Å². The van der Waals surface area contributed by atoms with Gasteiger partial charge in [0.25, 0.3) is 11.5 Å². The van der Waals surface area contributed by atoms with Gasteiger partial charge in [-0.25, -0.2) is 22.5 Å². The molecule has 0 unspecified atom stereocenters. The summed E-state index contributed by atoms with van der Waals surface area (Å²) in [6.07, 6.45) is 0.903. The van der Waals surface area contributed by atoms with Crippen LogP contribution < -0.4 is 16.6 Å². The Kier molecular flexibility index (Phi) is 4.44. The van der Waals surface area contributed by atoms with Crippen molar-refractivity contribution in [1.29, 1.82) is 0 Å². The van der Waals surface area contributed by atoms with Gasteiger partial charge in [-0.1, -0.05) is 0 Å². The molecule has 0 aliphatic rings. The molecule has 26 heavy (non-hydrogen) atoms. The summed E-state index contributed by atoms with van der Waals surface area (Å²) < 4.78 is 39.8. The Hall–Kier alpha value is -3.62. The highest BCUT2D eigenvalue weighted by Gasteiger charge is 2.16. The van der Waals surface area contributed by atoms with Gasteiger partial charge in [-0.2, -0.15) is 0 Å². The fourth-order valence-corrected chi connectivity index (χ4v) is 2.23. The van der Waals surface area contributed by atoms with Crippen LogP contribution >= 0.6 is 0 Å². The highest BCUT2D eigenvalue weighted by Crippen LogP contribution is 2.13. The van der Waals surface area contributed by atoms with Gasteiger partial charge >= 0.3 is 5.69 Å². The van der Waals surface area contributed by atoms with Gasteiger partial charge in [0.1, 0.15) is 11.4 Å². The Balaban J connectivity index is 2.00. The number of anilines is 1. The molecule has 0 fully saturated rings. The predicted molar refractivity (Wildman–Crippen MR) is 86.9 cm³/mol. The van der Waals surface area contributed by atoms with Crippen molar-refractivity contribution in [1.82, 2.24) is 9.55 Å². The zero-order valence-corrected chi connectivity index (χ0v) is 12.9. The molecule has 0 aliphatic carbocycles. The molecule has 0 atom stereocenters. The van der Waals surface area contributed by atoms with E-state index in [-0.39, 0.29) is 11.4 Å². The van der Waals surface area contributed by atoms with Crippen LogP contribution in [0.5, 0.6) is 0 Å². The Labute approximate surface area is 143 Å². The van der Waals surface area contributed by atoms with Crippen LogP contribution in [0.1, 0.15) is 10.4 Å². The Morgan fingerprint density at radius 2 is 1.65 bits per heavy atom. The van der Waals surface area contributed by atoms with E-state index in [1.165, 1.54) is 12.1 Å². The zero-order valence-electron chi connectivity index (χ0n) is 12.9. The lowest BCUT2D eigenvalue weighted by atomic mass is 10.2. The number of benzene rings is 2. The summed E-state index contributed by atoms with van der Waals surface area (Å²) in [5, 5.41) is 2.23. The fourth-order valence-electron chi connectivity index (χ4n) is 2.23. The normalized spacial score (nSPS) is 10.6. The number of aromatic amines is 1. The maximum Gasteiger partial charge on any atom is 0.333 e. The van der Waals surface area contributed by atoms with Crippen LogP contribution in [0.4, 0.5) is 18.9 Å². The van der Waals surface area contributed by atoms with Crippen molar-refractivity contribution in [2.75, 3.05) is 5.32 Å². The lowest BCUT2D eigenvalue weighted by Gasteiger charge is -2.08. The second kappa shape index (κ2) is 6.71. The predicted octanol–water partition coefficient (Wildman–Crippen LogP) is 2.20. The SMILES string of the molecule is O=C(Nc1ccc(F)c(F)c1)c1c[nH]c(=O)n(-c2ccc(F)cc2)c1=O. The minimum atomic E-state index is -1.17. The Bertz CT molecular complexity index is 1100. The quantitative estimate of drug-likeness (QED) is 0.750. The van der Waals surface area contributed by atoms with E-state index in [0.29, 0.717) is 4.57 Å². The highest BCUT2D eigenvalue weighted by atomic mass is 19.2. The molecule has 3 rings (SSSR count). The molecule has 0 bridgehead atoms. The average molecular weight is 361 g/mol. The van der Waals surface area contributed by atoms with E-state index in [4.69, 9.17) is 0 Å². The third-order valence-electron chi connectivity index (χ3n) is 3.48. The van der Waals surface area contributed by atoms with E-state index in [9.17, 15) is 27.6 Å². The maximum absolute atomic E-state index is 13.2. The van der Waals surface area contributed by atoms with Crippen LogP contribution in [0, 0.1) is 17.5 Å². The molecule has 2 aromatic carbocycles. The molecule has 3 aromatic rings. The number of amides is 1. The number of nitrogens with zero attached hydrogens (tertiary/aromatic N) is 1. The maximum atomic E-state index is 13.2. The Morgan fingerprint density at radius 3 is 2.31 bits per heavy atom. The molecule has 0 saturated carbocycles. The van der Waals surface area contributed by atoms with Crippen LogP contribution in [0.15, 0.2) is 58.3 Å². The molecular weight excluding hydrogens is 351 g/mol. The van der Waals surface area contributed by atoms with Crippen molar-refractivity contribution in [3.05, 3.63) is 92.5 Å². The molecule has 2 N–H and O–H groups in total. The van der Waals surface area contributed by atoms with E-state index < -0.39 is 40.2 Å². The van der Waals surface area contributed by atoms with Crippen LogP contribution in [-0.2, 0) is 0 Å². The van der Waals surface area contributed by atoms with Gasteiger partial charge in [0.05, 0.1) is 5.69 Å². The smallest absolute Gasteiger partial charge is 0.322 e. The van der Waals surface area contributed by atoms with E-state index in [1.54, 1.807) is 0 Å². The number of carbonyl (C=O) groups is 1. The van der Waals surface area contributed by atoms with Crippen molar-refractivity contribution in [2.24, 2.45) is 0 Å². The van der Waals surface area contributed by atoms with Crippen molar-refractivity contribution in [3.63, 3.8) is 0 Å². The van der Waals surface area contributed by atoms with Gasteiger partial charge in [0.15, 0.2) is 11.6 Å². The summed E-state index contributed by atoms with van der Waals surface area (Å²) >= 11 is 0. The average Bonchev–Trinajstić information content (AvgIpc) is 2.60. The second-order valence-electron chi connectivity index (χ2n) is 5.21. The van der Waals surface area contributed by atoms with Crippen LogP contribution in [0.3, 0.4) is 0 Å². The fraction of sp³-hybridized carbons (Fsp3) is 0. The molecule has 0 aliphatic heterocycles. The van der Waals surface area contributed by atoms with E-state index in [1.807, 2.05) is 0 Å². The number of hydrogen-bond acceptors (Lipinski definition) is 3. The number of hydrogen-bond donors (Lipinski definition) is 2. The van der Waals surface area contributed by atoms with E-state index >= 15 is 0 Å². The monoisotopic (exact) mass is 361 g/mol. The summed E-state index contributed by atoms with van der Waals surface area (Å²) in [6, 6.07) is 7.17. The van der Waals surface area contributed by atoms with Crippen molar-refractivity contribution >= 4 is 11.6 Å². The lowest BCUT2D eigenvalue weighted by molar-refractivity contribution is 0.102. The second-order valence-corrected chi connectivity index (χ2v) is 5.21. The van der Waals surface area contributed by atoms with E-state index in [2.05, 4.69) is 10.3 Å². The number of nitrogens with one attached hydrogen (secondary N) is 2. The van der Waals surface area contributed by atoms with Gasteiger partial charge in [0.2, 0.25) is 0 Å². The van der Waals surface area contributed by atoms with Crippen LogP contribution in [0.2, 0.25) is 0 Å². The molecule has 0 saturated heterocycles. The first-order valence-corrected chi connectivity index (χ1v) is 7.24. The summed E-state index contributed by atoms with van der Waals surface area (Å²) in [4.78, 5) is 38.9. The molecule has 6 nitrogen and oxygen atoms in total. The first-order chi connectivity index (χ1) is 12.4. The minimum absolute atomic E-state index is 0.0557. The van der Waals surface area contributed by atoms with Crippen molar-refractivity contribution < 1.29 is 18.0 Å². The van der Waals surface area contributed by atoms with Crippen molar-refractivity contribution in [3.8, 4) is 5.69 Å². The standard InChI is InChI=1S/C17H10F3N3O3/c18-9-1-4-11(5-2-9)23-16(25)12(8-21-17(23)26)15(24)22-10-3-6-13(19)14(20)7-10/h1-8H,(H,21,26)(H,22,24). The number of aromatic nitrogens is 2. The summed E-state index contributed by atoms with van der Waals surface area (Å²) in [5.41, 5.74) is -2.25. The molecule has 1 aromatic heterocycles. The molecular formula is C17H10F3N3O3. The van der Waals surface area contributed by atoms with Gasteiger partial charge in [-0.15, -0.1) is 0 Å². The molecule has 0 spiro atoms. The lowest BCUT2D eigenvalue weighted by Crippen LogP contribution is -2.38. The third-order valence-corrected chi connectivity index (χ3v) is 3.48. The first kappa shape index (κ1) is 17.2. The molecule has 9 heteroatoms. The minimum Gasteiger partial charge on any atom is -0.322 e. The van der Waals surface area contributed by atoms with E-state index in [0.717, 1.165) is 36.5 Å². The number of H-pyrrole nitrogens is 1. The number of halogens is 3. The molecule has 1 amide bonds. The largest absolute Gasteiger partial charge is 0.333 e. The third kappa shape index (κ3) is 3.27. The number of carbonyl (C=O) groups excluding carboxylic acids is 1.